The standard InChI is InChI=1S/C23H26FNO5/c1-27-21-13-17(14-22(28-2)23(21)29-3)20(26)7-5-16-4-6-19(24)12-18(16)15-25-8-10-30-11-9-25/h4-7,12-14H,8-11,15H2,1-3H3/b7-5+. The van der Waals surface area contributed by atoms with Crippen molar-refractivity contribution in [3.05, 3.63) is 58.9 Å². The van der Waals surface area contributed by atoms with E-state index >= 15 is 0 Å². The molecule has 0 atom stereocenters. The number of carbonyl (C=O) groups is 1. The van der Waals surface area contributed by atoms with E-state index in [4.69, 9.17) is 18.9 Å². The van der Waals surface area contributed by atoms with Crippen molar-refractivity contribution in [1.82, 2.24) is 4.90 Å². The van der Waals surface area contributed by atoms with Gasteiger partial charge in [-0.15, -0.1) is 0 Å². The van der Waals surface area contributed by atoms with Gasteiger partial charge in [-0.2, -0.15) is 0 Å². The summed E-state index contributed by atoms with van der Waals surface area (Å²) in [7, 11) is 4.50. The molecular formula is C23H26FNO5. The first-order valence-corrected chi connectivity index (χ1v) is 9.66. The lowest BCUT2D eigenvalue weighted by atomic mass is 10.0. The molecule has 1 heterocycles. The van der Waals surface area contributed by atoms with Crippen LogP contribution in [0.25, 0.3) is 6.08 Å². The van der Waals surface area contributed by atoms with Crippen LogP contribution in [-0.4, -0.2) is 58.3 Å². The molecule has 0 radical (unpaired) electrons. The number of rotatable bonds is 8. The maximum Gasteiger partial charge on any atom is 0.203 e. The quantitative estimate of drug-likeness (QED) is 0.485. The molecule has 3 rings (SSSR count). The summed E-state index contributed by atoms with van der Waals surface area (Å²) < 4.78 is 35.1. The van der Waals surface area contributed by atoms with Gasteiger partial charge in [-0.1, -0.05) is 12.1 Å². The SMILES string of the molecule is COc1cc(C(=O)/C=C/c2ccc(F)cc2CN2CCOCC2)cc(OC)c1OC. The summed E-state index contributed by atoms with van der Waals surface area (Å²) in [6, 6.07) is 7.80. The molecule has 0 unspecified atom stereocenters. The van der Waals surface area contributed by atoms with E-state index in [-0.39, 0.29) is 11.6 Å². The molecular weight excluding hydrogens is 389 g/mol. The third kappa shape index (κ3) is 5.17. The van der Waals surface area contributed by atoms with Crippen LogP contribution in [0.3, 0.4) is 0 Å². The molecule has 0 aromatic heterocycles. The molecule has 7 heteroatoms. The van der Waals surface area contributed by atoms with Crippen LogP contribution in [0.4, 0.5) is 4.39 Å². The highest BCUT2D eigenvalue weighted by Crippen LogP contribution is 2.38. The van der Waals surface area contributed by atoms with Crippen molar-refractivity contribution in [2.45, 2.75) is 6.54 Å². The minimum Gasteiger partial charge on any atom is -0.493 e. The number of nitrogens with zero attached hydrogens (tertiary/aromatic N) is 1. The zero-order valence-corrected chi connectivity index (χ0v) is 17.4. The summed E-state index contributed by atoms with van der Waals surface area (Å²) in [5.41, 5.74) is 2.02. The normalized spacial score (nSPS) is 14.7. The second-order valence-electron chi connectivity index (χ2n) is 6.84. The van der Waals surface area contributed by atoms with Gasteiger partial charge in [-0.25, -0.2) is 4.39 Å². The summed E-state index contributed by atoms with van der Waals surface area (Å²) >= 11 is 0. The van der Waals surface area contributed by atoms with E-state index in [0.717, 1.165) is 24.2 Å². The Hall–Kier alpha value is -2.90. The molecule has 0 bridgehead atoms. The molecule has 2 aromatic rings. The highest BCUT2D eigenvalue weighted by molar-refractivity contribution is 6.07. The number of hydrogen-bond acceptors (Lipinski definition) is 6. The number of carbonyl (C=O) groups excluding carboxylic acids is 1. The average Bonchev–Trinajstić information content (AvgIpc) is 2.77. The van der Waals surface area contributed by atoms with Crippen LogP contribution in [0.1, 0.15) is 21.5 Å². The van der Waals surface area contributed by atoms with Crippen LogP contribution in [-0.2, 0) is 11.3 Å². The zero-order chi connectivity index (χ0) is 21.5. The van der Waals surface area contributed by atoms with Gasteiger partial charge in [-0.3, -0.25) is 9.69 Å². The third-order valence-electron chi connectivity index (χ3n) is 4.97. The Morgan fingerprint density at radius 1 is 1.07 bits per heavy atom. The van der Waals surface area contributed by atoms with Crippen LogP contribution >= 0.6 is 0 Å². The van der Waals surface area contributed by atoms with Crippen molar-refractivity contribution < 1.29 is 28.1 Å². The van der Waals surface area contributed by atoms with Gasteiger partial charge in [0.1, 0.15) is 5.82 Å². The molecule has 0 N–H and O–H groups in total. The fraction of sp³-hybridized carbons (Fsp3) is 0.348. The van der Waals surface area contributed by atoms with Gasteiger partial charge in [0.15, 0.2) is 17.3 Å². The summed E-state index contributed by atoms with van der Waals surface area (Å²) in [5, 5.41) is 0. The minimum absolute atomic E-state index is 0.226. The lowest BCUT2D eigenvalue weighted by Crippen LogP contribution is -2.35. The van der Waals surface area contributed by atoms with E-state index < -0.39 is 0 Å². The first-order chi connectivity index (χ1) is 14.5. The Labute approximate surface area is 175 Å². The van der Waals surface area contributed by atoms with Crippen molar-refractivity contribution in [1.29, 1.82) is 0 Å². The van der Waals surface area contributed by atoms with Gasteiger partial charge in [0, 0.05) is 25.2 Å². The van der Waals surface area contributed by atoms with E-state index in [9.17, 15) is 9.18 Å². The zero-order valence-electron chi connectivity index (χ0n) is 17.4. The maximum absolute atomic E-state index is 13.8. The smallest absolute Gasteiger partial charge is 0.203 e. The highest BCUT2D eigenvalue weighted by atomic mass is 19.1. The molecule has 1 aliphatic rings. The van der Waals surface area contributed by atoms with Crippen molar-refractivity contribution in [2.75, 3.05) is 47.6 Å². The van der Waals surface area contributed by atoms with Gasteiger partial charge in [0.25, 0.3) is 0 Å². The third-order valence-corrected chi connectivity index (χ3v) is 4.97. The summed E-state index contributed by atoms with van der Waals surface area (Å²) in [5.74, 6) is 0.709. The maximum atomic E-state index is 13.8. The molecule has 1 saturated heterocycles. The molecule has 2 aromatic carbocycles. The largest absolute Gasteiger partial charge is 0.493 e. The number of benzene rings is 2. The summed E-state index contributed by atoms with van der Waals surface area (Å²) in [4.78, 5) is 15.0. The van der Waals surface area contributed by atoms with Crippen molar-refractivity contribution in [3.8, 4) is 17.2 Å². The molecule has 0 spiro atoms. The van der Waals surface area contributed by atoms with Gasteiger partial charge >= 0.3 is 0 Å². The van der Waals surface area contributed by atoms with E-state index in [1.54, 1.807) is 24.3 Å². The monoisotopic (exact) mass is 415 g/mol. The Morgan fingerprint density at radius 2 is 1.73 bits per heavy atom. The average molecular weight is 415 g/mol. The van der Waals surface area contributed by atoms with Gasteiger partial charge in [-0.05, 0) is 41.5 Å². The summed E-state index contributed by atoms with van der Waals surface area (Å²) in [6.45, 7) is 3.52. The Kier molecular flexibility index (Phi) is 7.43. The van der Waals surface area contributed by atoms with Crippen LogP contribution in [0.15, 0.2) is 36.4 Å². The number of ether oxygens (including phenoxy) is 4. The molecule has 0 saturated carbocycles. The lowest BCUT2D eigenvalue weighted by molar-refractivity contribution is 0.0341. The molecule has 6 nitrogen and oxygen atoms in total. The molecule has 1 aliphatic heterocycles. The molecule has 0 amide bonds. The first-order valence-electron chi connectivity index (χ1n) is 9.66. The van der Waals surface area contributed by atoms with E-state index in [2.05, 4.69) is 4.90 Å². The summed E-state index contributed by atoms with van der Waals surface area (Å²) in [6.07, 6.45) is 3.18. The van der Waals surface area contributed by atoms with Crippen molar-refractivity contribution >= 4 is 11.9 Å². The van der Waals surface area contributed by atoms with Crippen LogP contribution in [0.5, 0.6) is 17.2 Å². The first kappa shape index (κ1) is 21.8. The Bertz CT molecular complexity index is 897. The van der Waals surface area contributed by atoms with E-state index in [0.29, 0.717) is 42.6 Å². The number of halogens is 1. The minimum atomic E-state index is -0.300. The van der Waals surface area contributed by atoms with Crippen LogP contribution in [0.2, 0.25) is 0 Å². The number of ketones is 1. The van der Waals surface area contributed by atoms with Crippen LogP contribution < -0.4 is 14.2 Å². The number of morpholine rings is 1. The van der Waals surface area contributed by atoms with Gasteiger partial charge in [0.05, 0.1) is 34.5 Å². The van der Waals surface area contributed by atoms with Crippen molar-refractivity contribution in [2.24, 2.45) is 0 Å². The van der Waals surface area contributed by atoms with Gasteiger partial charge in [0.2, 0.25) is 5.75 Å². The number of hydrogen-bond donors (Lipinski definition) is 0. The van der Waals surface area contributed by atoms with E-state index in [1.165, 1.54) is 39.5 Å². The molecule has 0 aliphatic carbocycles. The Morgan fingerprint density at radius 3 is 2.33 bits per heavy atom. The topological polar surface area (TPSA) is 57.2 Å². The van der Waals surface area contributed by atoms with Crippen molar-refractivity contribution in [3.63, 3.8) is 0 Å². The molecule has 1 fully saturated rings. The number of methoxy groups -OCH3 is 3. The highest BCUT2D eigenvalue weighted by Gasteiger charge is 2.16. The molecule has 30 heavy (non-hydrogen) atoms. The number of allylic oxidation sites excluding steroid dienone is 1. The van der Waals surface area contributed by atoms with E-state index in [1.807, 2.05) is 0 Å². The molecule has 160 valence electrons. The fourth-order valence-corrected chi connectivity index (χ4v) is 3.36. The predicted molar refractivity (Wildman–Crippen MR) is 112 cm³/mol. The van der Waals surface area contributed by atoms with Crippen LogP contribution in [0, 0.1) is 5.82 Å². The fourth-order valence-electron chi connectivity index (χ4n) is 3.36. The second kappa shape index (κ2) is 10.2. The Balaban J connectivity index is 1.84. The lowest BCUT2D eigenvalue weighted by Gasteiger charge is -2.27. The second-order valence-corrected chi connectivity index (χ2v) is 6.84. The predicted octanol–water partition coefficient (Wildman–Crippen LogP) is 3.58. The van der Waals surface area contributed by atoms with Gasteiger partial charge < -0.3 is 18.9 Å².